The van der Waals surface area contributed by atoms with E-state index in [0.717, 1.165) is 24.9 Å². The second-order valence-corrected chi connectivity index (χ2v) is 6.44. The number of aromatic nitrogens is 4. The number of aryl methyl sites for hydroxylation is 1. The number of rotatable bonds is 5. The fraction of sp³-hybridized carbons (Fsp3) is 0.353. The van der Waals surface area contributed by atoms with Gasteiger partial charge in [0.25, 0.3) is 5.56 Å². The Morgan fingerprint density at radius 1 is 1.26 bits per heavy atom. The molecule has 0 spiro atoms. The Kier molecular flexibility index (Phi) is 4.48. The molecular weight excluding hydrogens is 312 g/mol. The van der Waals surface area contributed by atoms with Crippen molar-refractivity contribution in [3.63, 3.8) is 0 Å². The van der Waals surface area contributed by atoms with Crippen molar-refractivity contribution in [1.29, 1.82) is 0 Å². The average Bonchev–Trinajstić information content (AvgIpc) is 2.89. The molecule has 3 heterocycles. The quantitative estimate of drug-likeness (QED) is 0.717. The van der Waals surface area contributed by atoms with E-state index in [1.54, 1.807) is 21.3 Å². The first-order valence-electron chi connectivity index (χ1n) is 7.76. The molecule has 0 aliphatic rings. The Morgan fingerprint density at radius 2 is 2.09 bits per heavy atom. The minimum Gasteiger partial charge on any atom is -0.316 e. The predicted octanol–water partition coefficient (Wildman–Crippen LogP) is 3.65. The van der Waals surface area contributed by atoms with Crippen LogP contribution in [0.2, 0.25) is 5.15 Å². The minimum absolute atomic E-state index is 0.00937. The van der Waals surface area contributed by atoms with Crippen LogP contribution in [0.4, 0.5) is 0 Å². The van der Waals surface area contributed by atoms with Crippen molar-refractivity contribution in [3.05, 3.63) is 52.2 Å². The smallest absolute Gasteiger partial charge is 0.251 e. The lowest BCUT2D eigenvalue weighted by molar-refractivity contribution is 0.506. The molecule has 0 radical (unpaired) electrons. The molecule has 0 saturated heterocycles. The molecule has 0 fully saturated rings. The molecule has 3 aromatic heterocycles. The van der Waals surface area contributed by atoms with Crippen LogP contribution in [0.1, 0.15) is 26.7 Å². The van der Waals surface area contributed by atoms with E-state index in [9.17, 15) is 4.79 Å². The number of hydrogen-bond donors (Lipinski definition) is 0. The van der Waals surface area contributed by atoms with Crippen LogP contribution in [0.5, 0.6) is 0 Å². The van der Waals surface area contributed by atoms with Crippen LogP contribution >= 0.6 is 11.6 Å². The number of nitrogens with zero attached hydrogens (tertiary/aromatic N) is 4. The number of pyridine rings is 1. The molecule has 23 heavy (non-hydrogen) atoms. The fourth-order valence-electron chi connectivity index (χ4n) is 2.52. The Hall–Kier alpha value is -2.14. The first kappa shape index (κ1) is 15.7. The van der Waals surface area contributed by atoms with Gasteiger partial charge >= 0.3 is 0 Å². The fourth-order valence-corrected chi connectivity index (χ4v) is 2.69. The molecule has 0 N–H and O–H groups in total. The molecule has 6 heteroatoms. The molecule has 120 valence electrons. The van der Waals surface area contributed by atoms with Gasteiger partial charge in [0, 0.05) is 24.4 Å². The van der Waals surface area contributed by atoms with Crippen molar-refractivity contribution in [2.24, 2.45) is 5.92 Å². The Balaban J connectivity index is 1.86. The van der Waals surface area contributed by atoms with Gasteiger partial charge in [-0.25, -0.2) is 9.50 Å². The van der Waals surface area contributed by atoms with E-state index in [1.807, 2.05) is 24.4 Å². The molecule has 0 aliphatic heterocycles. The zero-order valence-corrected chi connectivity index (χ0v) is 14.0. The summed E-state index contributed by atoms with van der Waals surface area (Å²) in [7, 11) is 0. The highest BCUT2D eigenvalue weighted by Crippen LogP contribution is 2.18. The van der Waals surface area contributed by atoms with E-state index in [0.29, 0.717) is 22.4 Å². The molecule has 0 atom stereocenters. The van der Waals surface area contributed by atoms with Crippen LogP contribution in [0.25, 0.3) is 16.9 Å². The third-order valence-corrected chi connectivity index (χ3v) is 4.05. The largest absolute Gasteiger partial charge is 0.316 e. The summed E-state index contributed by atoms with van der Waals surface area (Å²) in [5, 5.41) is 4.88. The molecule has 0 unspecified atom stereocenters. The van der Waals surface area contributed by atoms with Crippen LogP contribution in [0.3, 0.4) is 0 Å². The average molecular weight is 331 g/mol. The molecule has 0 saturated carbocycles. The maximum Gasteiger partial charge on any atom is 0.251 e. The van der Waals surface area contributed by atoms with E-state index < -0.39 is 0 Å². The summed E-state index contributed by atoms with van der Waals surface area (Å²) in [6.07, 6.45) is 5.51. The molecule has 0 amide bonds. The summed E-state index contributed by atoms with van der Waals surface area (Å²) in [5.74, 6) is 0.654. The maximum atomic E-state index is 12.3. The van der Waals surface area contributed by atoms with Crippen LogP contribution in [-0.4, -0.2) is 19.2 Å². The summed E-state index contributed by atoms with van der Waals surface area (Å²) in [6, 6.07) is 7.21. The monoisotopic (exact) mass is 330 g/mol. The van der Waals surface area contributed by atoms with Gasteiger partial charge in [-0.05, 0) is 37.0 Å². The van der Waals surface area contributed by atoms with Crippen molar-refractivity contribution < 1.29 is 0 Å². The van der Waals surface area contributed by atoms with Gasteiger partial charge in [0.2, 0.25) is 0 Å². The van der Waals surface area contributed by atoms with Crippen molar-refractivity contribution in [2.75, 3.05) is 0 Å². The zero-order valence-electron chi connectivity index (χ0n) is 13.2. The molecule has 3 aromatic rings. The molecule has 0 aliphatic carbocycles. The summed E-state index contributed by atoms with van der Waals surface area (Å²) >= 11 is 6.04. The van der Waals surface area contributed by atoms with Crippen molar-refractivity contribution >= 4 is 17.2 Å². The second-order valence-electron chi connectivity index (χ2n) is 6.05. The normalized spacial score (nSPS) is 11.5. The summed E-state index contributed by atoms with van der Waals surface area (Å²) in [4.78, 5) is 16.4. The molecule has 5 nitrogen and oxygen atoms in total. The number of imidazole rings is 1. The maximum absolute atomic E-state index is 12.3. The number of halogens is 1. The van der Waals surface area contributed by atoms with Gasteiger partial charge in [0.1, 0.15) is 0 Å². The van der Waals surface area contributed by atoms with Crippen LogP contribution in [0, 0.1) is 5.92 Å². The van der Waals surface area contributed by atoms with E-state index >= 15 is 0 Å². The third-order valence-electron chi connectivity index (χ3n) is 3.79. The number of hydrogen-bond acceptors (Lipinski definition) is 3. The number of fused-ring (bicyclic) bond motifs is 1. The van der Waals surface area contributed by atoms with E-state index in [-0.39, 0.29) is 5.56 Å². The lowest BCUT2D eigenvalue weighted by Crippen LogP contribution is -2.19. The van der Waals surface area contributed by atoms with Gasteiger partial charge in [-0.2, -0.15) is 5.10 Å². The zero-order chi connectivity index (χ0) is 16.4. The van der Waals surface area contributed by atoms with Gasteiger partial charge < -0.3 is 4.57 Å². The Labute approximate surface area is 139 Å². The summed E-state index contributed by atoms with van der Waals surface area (Å²) in [5.41, 5.74) is 2.15. The highest BCUT2D eigenvalue weighted by atomic mass is 35.5. The van der Waals surface area contributed by atoms with Crippen LogP contribution in [0.15, 0.2) is 41.5 Å². The van der Waals surface area contributed by atoms with Gasteiger partial charge in [-0.15, -0.1) is 0 Å². The first-order valence-corrected chi connectivity index (χ1v) is 8.13. The second kappa shape index (κ2) is 6.54. The van der Waals surface area contributed by atoms with Crippen molar-refractivity contribution in [1.82, 2.24) is 19.2 Å². The minimum atomic E-state index is -0.00937. The van der Waals surface area contributed by atoms with Crippen molar-refractivity contribution in [2.45, 2.75) is 33.2 Å². The first-order chi connectivity index (χ1) is 11.0. The summed E-state index contributed by atoms with van der Waals surface area (Å²) in [6.45, 7) is 5.13. The predicted molar refractivity (Wildman–Crippen MR) is 91.8 cm³/mol. The lowest BCUT2D eigenvalue weighted by atomic mass is 10.1. The Bertz CT molecular complexity index is 882. The lowest BCUT2D eigenvalue weighted by Gasteiger charge is -2.08. The molecular formula is C17H19ClN4O. The third kappa shape index (κ3) is 3.45. The van der Waals surface area contributed by atoms with E-state index in [2.05, 4.69) is 23.9 Å². The Morgan fingerprint density at radius 3 is 2.83 bits per heavy atom. The topological polar surface area (TPSA) is 52.2 Å². The SMILES string of the molecule is CC(C)CCCn1ccc(-c2ccc3ncc(Cl)n3n2)cc1=O. The van der Waals surface area contributed by atoms with Crippen LogP contribution in [-0.2, 0) is 6.54 Å². The van der Waals surface area contributed by atoms with Gasteiger partial charge in [-0.3, -0.25) is 4.79 Å². The highest BCUT2D eigenvalue weighted by Gasteiger charge is 2.07. The molecule has 3 rings (SSSR count). The van der Waals surface area contributed by atoms with Gasteiger partial charge in [-0.1, -0.05) is 25.4 Å². The van der Waals surface area contributed by atoms with Gasteiger partial charge in [0.15, 0.2) is 10.8 Å². The van der Waals surface area contributed by atoms with E-state index in [1.165, 1.54) is 0 Å². The molecule has 0 bridgehead atoms. The van der Waals surface area contributed by atoms with Crippen molar-refractivity contribution in [3.8, 4) is 11.3 Å². The van der Waals surface area contributed by atoms with Crippen LogP contribution < -0.4 is 5.56 Å². The standard InChI is InChI=1S/C17H19ClN4O/c1-12(2)4-3-8-21-9-7-13(10-17(21)23)14-5-6-16-19-11-15(18)22(16)20-14/h5-7,9-12H,3-4,8H2,1-2H3. The van der Waals surface area contributed by atoms with E-state index in [4.69, 9.17) is 11.6 Å². The molecule has 0 aromatic carbocycles. The summed E-state index contributed by atoms with van der Waals surface area (Å²) < 4.78 is 3.31. The van der Waals surface area contributed by atoms with Gasteiger partial charge in [0.05, 0.1) is 11.9 Å². The highest BCUT2D eigenvalue weighted by molar-refractivity contribution is 6.29.